The first kappa shape index (κ1) is 5.72. The molecule has 4 heteroatoms. The Hall–Kier alpha value is 0.590. The SMILES string of the molecule is S=C(SS)N1CC1. The van der Waals surface area contributed by atoms with Crippen molar-refractivity contribution >= 4 is 39.0 Å². The molecule has 1 fully saturated rings. The van der Waals surface area contributed by atoms with E-state index in [0.717, 1.165) is 17.4 Å². The maximum absolute atomic E-state index is 4.85. The largest absolute Gasteiger partial charge is 0.353 e. The van der Waals surface area contributed by atoms with E-state index in [-0.39, 0.29) is 0 Å². The van der Waals surface area contributed by atoms with Crippen LogP contribution < -0.4 is 0 Å². The molecule has 0 saturated carbocycles. The Labute approximate surface area is 57.3 Å². The maximum atomic E-state index is 4.85. The van der Waals surface area contributed by atoms with Crippen LogP contribution in [0.25, 0.3) is 0 Å². The topological polar surface area (TPSA) is 3.01 Å². The van der Waals surface area contributed by atoms with Gasteiger partial charge in [0.1, 0.15) is 4.32 Å². The number of rotatable bonds is 0. The van der Waals surface area contributed by atoms with Gasteiger partial charge in [-0.1, -0.05) is 12.2 Å². The molecule has 0 amide bonds. The third kappa shape index (κ3) is 1.51. The lowest BCUT2D eigenvalue weighted by atomic mass is 11.0. The van der Waals surface area contributed by atoms with Gasteiger partial charge < -0.3 is 4.90 Å². The van der Waals surface area contributed by atoms with E-state index in [1.54, 1.807) is 0 Å². The Kier molecular flexibility index (Phi) is 1.83. The van der Waals surface area contributed by atoms with Crippen molar-refractivity contribution in [3.63, 3.8) is 0 Å². The molecule has 1 aliphatic heterocycles. The van der Waals surface area contributed by atoms with Gasteiger partial charge in [-0.3, -0.25) is 0 Å². The van der Waals surface area contributed by atoms with Crippen LogP contribution >= 0.6 is 34.7 Å². The summed E-state index contributed by atoms with van der Waals surface area (Å²) in [5.74, 6) is 0. The average molecular weight is 151 g/mol. The number of hydrogen-bond acceptors (Lipinski definition) is 3. The molecule has 0 aliphatic carbocycles. The number of hydrogen-bond donors (Lipinski definition) is 1. The first-order valence-corrected chi connectivity index (χ1v) is 4.22. The molecule has 1 aliphatic rings. The van der Waals surface area contributed by atoms with E-state index in [9.17, 15) is 0 Å². The van der Waals surface area contributed by atoms with Crippen LogP contribution in [-0.4, -0.2) is 22.3 Å². The second kappa shape index (κ2) is 2.24. The highest BCUT2D eigenvalue weighted by Crippen LogP contribution is 2.17. The molecule has 1 rings (SSSR count). The van der Waals surface area contributed by atoms with Crippen LogP contribution in [0.1, 0.15) is 0 Å². The van der Waals surface area contributed by atoms with Crippen LogP contribution in [0.15, 0.2) is 0 Å². The van der Waals surface area contributed by atoms with E-state index in [0.29, 0.717) is 0 Å². The fourth-order valence-corrected chi connectivity index (χ4v) is 1.12. The van der Waals surface area contributed by atoms with Crippen LogP contribution in [0.3, 0.4) is 0 Å². The minimum absolute atomic E-state index is 0.906. The maximum Gasteiger partial charge on any atom is 0.146 e. The molecular formula is C3H5NS3. The molecule has 40 valence electrons. The normalized spacial score (nSPS) is 17.0. The highest BCUT2D eigenvalue weighted by Gasteiger charge is 2.19. The molecule has 0 aromatic rings. The molecule has 1 saturated heterocycles. The van der Waals surface area contributed by atoms with Crippen molar-refractivity contribution in [2.75, 3.05) is 13.1 Å². The summed E-state index contributed by atoms with van der Waals surface area (Å²) < 4.78 is 0.906. The Morgan fingerprint density at radius 3 is 2.43 bits per heavy atom. The molecule has 1 heterocycles. The van der Waals surface area contributed by atoms with E-state index < -0.39 is 0 Å². The van der Waals surface area contributed by atoms with E-state index in [2.05, 4.69) is 16.6 Å². The predicted molar refractivity (Wildman–Crippen MR) is 40.7 cm³/mol. The fraction of sp³-hybridized carbons (Fsp3) is 0.667. The Bertz CT molecular complexity index is 88.2. The smallest absolute Gasteiger partial charge is 0.146 e. The van der Waals surface area contributed by atoms with E-state index >= 15 is 0 Å². The Morgan fingerprint density at radius 1 is 1.71 bits per heavy atom. The molecule has 0 aromatic carbocycles. The van der Waals surface area contributed by atoms with Crippen molar-refractivity contribution in [3.05, 3.63) is 0 Å². The van der Waals surface area contributed by atoms with Crippen LogP contribution in [0.2, 0.25) is 0 Å². The van der Waals surface area contributed by atoms with Gasteiger partial charge in [0.25, 0.3) is 0 Å². The Balaban J connectivity index is 2.24. The van der Waals surface area contributed by atoms with Crippen molar-refractivity contribution in [3.8, 4) is 0 Å². The molecule has 0 N–H and O–H groups in total. The zero-order chi connectivity index (χ0) is 5.28. The fourth-order valence-electron chi connectivity index (χ4n) is 0.290. The molecular weight excluding hydrogens is 146 g/mol. The van der Waals surface area contributed by atoms with E-state index in [1.807, 2.05) is 0 Å². The van der Waals surface area contributed by atoms with E-state index in [1.165, 1.54) is 10.8 Å². The first-order chi connectivity index (χ1) is 3.34. The average Bonchev–Trinajstić information content (AvgIpc) is 2.44. The second-order valence-corrected chi connectivity index (χ2v) is 3.11. The minimum atomic E-state index is 0.906. The number of thiocarbonyl (C=S) groups is 1. The highest BCUT2D eigenvalue weighted by atomic mass is 33.1. The third-order valence-electron chi connectivity index (χ3n) is 0.784. The van der Waals surface area contributed by atoms with Gasteiger partial charge >= 0.3 is 0 Å². The number of thiol groups is 1. The summed E-state index contributed by atoms with van der Waals surface area (Å²) in [7, 11) is 1.35. The molecule has 0 radical (unpaired) electrons. The first-order valence-electron chi connectivity index (χ1n) is 1.95. The summed E-state index contributed by atoms with van der Waals surface area (Å²) in [6.45, 7) is 2.26. The van der Waals surface area contributed by atoms with Crippen molar-refractivity contribution in [1.29, 1.82) is 0 Å². The molecule has 0 unspecified atom stereocenters. The zero-order valence-corrected chi connectivity index (χ0v) is 6.15. The van der Waals surface area contributed by atoms with Gasteiger partial charge in [-0.2, -0.15) is 0 Å². The summed E-state index contributed by atoms with van der Waals surface area (Å²) >= 11 is 8.78. The zero-order valence-electron chi connectivity index (χ0n) is 3.63. The highest BCUT2D eigenvalue weighted by molar-refractivity contribution is 8.76. The van der Waals surface area contributed by atoms with Gasteiger partial charge in [0.15, 0.2) is 0 Å². The quantitative estimate of drug-likeness (QED) is 0.240. The summed E-state index contributed by atoms with van der Waals surface area (Å²) in [6, 6.07) is 0. The monoisotopic (exact) mass is 151 g/mol. The van der Waals surface area contributed by atoms with Gasteiger partial charge in [-0.05, 0) is 10.8 Å². The summed E-state index contributed by atoms with van der Waals surface area (Å²) in [5, 5.41) is 0. The lowest BCUT2D eigenvalue weighted by Gasteiger charge is -1.94. The molecule has 0 aromatic heterocycles. The minimum Gasteiger partial charge on any atom is -0.353 e. The summed E-state index contributed by atoms with van der Waals surface area (Å²) in [4.78, 5) is 2.09. The van der Waals surface area contributed by atoms with E-state index in [4.69, 9.17) is 12.2 Å². The summed E-state index contributed by atoms with van der Waals surface area (Å²) in [6.07, 6.45) is 0. The summed E-state index contributed by atoms with van der Waals surface area (Å²) in [5.41, 5.74) is 0. The standard InChI is InChI=1S/C3H5NS3/c5-3(7-6)4-1-2-4/h6H,1-2H2. The molecule has 0 spiro atoms. The van der Waals surface area contributed by atoms with Crippen molar-refractivity contribution < 1.29 is 0 Å². The number of nitrogens with zero attached hydrogens (tertiary/aromatic N) is 1. The molecule has 1 nitrogen and oxygen atoms in total. The van der Waals surface area contributed by atoms with Crippen LogP contribution in [0, 0.1) is 0 Å². The van der Waals surface area contributed by atoms with Crippen LogP contribution in [-0.2, 0) is 0 Å². The lowest BCUT2D eigenvalue weighted by Crippen LogP contribution is -1.98. The van der Waals surface area contributed by atoms with Crippen molar-refractivity contribution in [2.24, 2.45) is 0 Å². The molecule has 0 bridgehead atoms. The predicted octanol–water partition coefficient (Wildman–Crippen LogP) is 1.16. The lowest BCUT2D eigenvalue weighted by molar-refractivity contribution is 0.885. The molecule has 7 heavy (non-hydrogen) atoms. The van der Waals surface area contributed by atoms with Crippen LogP contribution in [0.4, 0.5) is 0 Å². The van der Waals surface area contributed by atoms with Crippen molar-refractivity contribution in [2.45, 2.75) is 0 Å². The van der Waals surface area contributed by atoms with Crippen molar-refractivity contribution in [1.82, 2.24) is 4.90 Å². The van der Waals surface area contributed by atoms with Gasteiger partial charge in [-0.25, -0.2) is 0 Å². The molecule has 0 atom stereocenters. The third-order valence-corrected chi connectivity index (χ3v) is 2.60. The Morgan fingerprint density at radius 2 is 2.29 bits per heavy atom. The van der Waals surface area contributed by atoms with Gasteiger partial charge in [0.2, 0.25) is 0 Å². The van der Waals surface area contributed by atoms with Crippen LogP contribution in [0.5, 0.6) is 0 Å². The van der Waals surface area contributed by atoms with Gasteiger partial charge in [-0.15, -0.1) is 11.7 Å². The van der Waals surface area contributed by atoms with Gasteiger partial charge in [0, 0.05) is 13.1 Å². The van der Waals surface area contributed by atoms with Gasteiger partial charge in [0.05, 0.1) is 0 Å². The second-order valence-electron chi connectivity index (χ2n) is 1.34.